The van der Waals surface area contributed by atoms with Gasteiger partial charge < -0.3 is 9.64 Å². The highest BCUT2D eigenvalue weighted by molar-refractivity contribution is 6.24. The highest BCUT2D eigenvalue weighted by Crippen LogP contribution is 2.49. The van der Waals surface area contributed by atoms with Gasteiger partial charge in [0.2, 0.25) is 0 Å². The summed E-state index contributed by atoms with van der Waals surface area (Å²) in [5.74, 6) is 0.0981. The summed E-state index contributed by atoms with van der Waals surface area (Å²) < 4.78 is 4.94. The Labute approximate surface area is 79.1 Å². The first-order valence-electron chi connectivity index (χ1n) is 4.56. The third-order valence-corrected chi connectivity index (χ3v) is 2.78. The molecule has 2 unspecified atom stereocenters. The molecule has 1 saturated carbocycles. The standard InChI is InChI=1S/C9H12BNO2/c1-3-13-9(12)7-5-4-6(5)11(2)8(7)10/h5-6H,3-4H2,1-2H3. The summed E-state index contributed by atoms with van der Waals surface area (Å²) in [6.45, 7) is 2.22. The molecule has 0 amide bonds. The molecule has 1 aliphatic heterocycles. The van der Waals surface area contributed by atoms with Crippen LogP contribution in [0.25, 0.3) is 0 Å². The van der Waals surface area contributed by atoms with E-state index in [9.17, 15) is 4.79 Å². The number of fused-ring (bicyclic) bond motifs is 1. The molecule has 0 aromatic heterocycles. The van der Waals surface area contributed by atoms with Gasteiger partial charge in [0.1, 0.15) is 7.85 Å². The van der Waals surface area contributed by atoms with Crippen molar-refractivity contribution in [2.75, 3.05) is 13.7 Å². The zero-order valence-electron chi connectivity index (χ0n) is 7.91. The summed E-state index contributed by atoms with van der Waals surface area (Å²) in [5, 5.41) is 0. The van der Waals surface area contributed by atoms with Crippen LogP contribution in [0.1, 0.15) is 13.3 Å². The molecule has 4 heteroatoms. The predicted octanol–water partition coefficient (Wildman–Crippen LogP) is 0.263. The van der Waals surface area contributed by atoms with Gasteiger partial charge in [-0.05, 0) is 18.9 Å². The van der Waals surface area contributed by atoms with Gasteiger partial charge in [0, 0.05) is 19.0 Å². The van der Waals surface area contributed by atoms with Gasteiger partial charge >= 0.3 is 5.97 Å². The lowest BCUT2D eigenvalue weighted by molar-refractivity contribution is -0.138. The zero-order valence-corrected chi connectivity index (χ0v) is 7.91. The maximum absolute atomic E-state index is 11.5. The maximum atomic E-state index is 11.5. The first-order chi connectivity index (χ1) is 6.16. The fraction of sp³-hybridized carbons (Fsp3) is 0.667. The zero-order chi connectivity index (χ0) is 9.59. The minimum Gasteiger partial charge on any atom is -0.463 e. The summed E-state index contributed by atoms with van der Waals surface area (Å²) in [6.07, 6.45) is 1.05. The Balaban J connectivity index is 2.18. The Morgan fingerprint density at radius 2 is 2.46 bits per heavy atom. The van der Waals surface area contributed by atoms with Crippen LogP contribution in [0.5, 0.6) is 0 Å². The van der Waals surface area contributed by atoms with Crippen LogP contribution in [-0.4, -0.2) is 38.4 Å². The van der Waals surface area contributed by atoms with Crippen LogP contribution >= 0.6 is 0 Å². The molecule has 13 heavy (non-hydrogen) atoms. The van der Waals surface area contributed by atoms with E-state index in [1.807, 2.05) is 11.9 Å². The van der Waals surface area contributed by atoms with Gasteiger partial charge in [-0.2, -0.15) is 0 Å². The average molecular weight is 177 g/mol. The van der Waals surface area contributed by atoms with Gasteiger partial charge in [0.15, 0.2) is 0 Å². The van der Waals surface area contributed by atoms with Gasteiger partial charge in [-0.15, -0.1) is 0 Å². The van der Waals surface area contributed by atoms with Gasteiger partial charge in [-0.1, -0.05) is 0 Å². The average Bonchev–Trinajstić information content (AvgIpc) is 2.79. The molecule has 1 heterocycles. The second-order valence-corrected chi connectivity index (χ2v) is 3.54. The Hall–Kier alpha value is -0.925. The van der Waals surface area contributed by atoms with E-state index in [0.717, 1.165) is 6.42 Å². The second-order valence-electron chi connectivity index (χ2n) is 3.54. The molecule has 3 nitrogen and oxygen atoms in total. The van der Waals surface area contributed by atoms with E-state index < -0.39 is 0 Å². The second kappa shape index (κ2) is 2.79. The third-order valence-electron chi connectivity index (χ3n) is 2.78. The molecule has 0 aromatic carbocycles. The van der Waals surface area contributed by atoms with E-state index in [4.69, 9.17) is 12.6 Å². The van der Waals surface area contributed by atoms with Crippen LogP contribution in [0.4, 0.5) is 0 Å². The number of rotatable bonds is 2. The minimum atomic E-state index is -0.239. The van der Waals surface area contributed by atoms with E-state index in [-0.39, 0.29) is 5.97 Å². The third kappa shape index (κ3) is 1.16. The smallest absolute Gasteiger partial charge is 0.335 e. The fourth-order valence-corrected chi connectivity index (χ4v) is 1.94. The number of esters is 1. The van der Waals surface area contributed by atoms with Crippen molar-refractivity contribution in [1.82, 2.24) is 4.90 Å². The molecular formula is C9H12BNO2. The van der Waals surface area contributed by atoms with E-state index >= 15 is 0 Å². The molecule has 2 atom stereocenters. The Kier molecular flexibility index (Phi) is 1.86. The lowest BCUT2D eigenvalue weighted by Gasteiger charge is -2.16. The quantitative estimate of drug-likeness (QED) is 0.447. The highest BCUT2D eigenvalue weighted by atomic mass is 16.5. The van der Waals surface area contributed by atoms with Crippen molar-refractivity contribution in [2.45, 2.75) is 19.4 Å². The van der Waals surface area contributed by atoms with Crippen molar-refractivity contribution in [3.05, 3.63) is 11.2 Å². The summed E-state index contributed by atoms with van der Waals surface area (Å²) in [7, 11) is 7.70. The SMILES string of the molecule is [B]C1=C(C(=O)OCC)C2CC2N1C. The van der Waals surface area contributed by atoms with Crippen molar-refractivity contribution in [3.63, 3.8) is 0 Å². The van der Waals surface area contributed by atoms with Crippen molar-refractivity contribution >= 4 is 13.8 Å². The van der Waals surface area contributed by atoms with E-state index in [1.54, 1.807) is 6.92 Å². The lowest BCUT2D eigenvalue weighted by atomic mass is 9.96. The molecular weight excluding hydrogens is 165 g/mol. The first kappa shape index (κ1) is 8.66. The molecule has 68 valence electrons. The maximum Gasteiger partial charge on any atom is 0.335 e. The summed E-state index contributed by atoms with van der Waals surface area (Å²) >= 11 is 0. The van der Waals surface area contributed by atoms with Crippen molar-refractivity contribution in [1.29, 1.82) is 0 Å². The van der Waals surface area contributed by atoms with Gasteiger partial charge in [0.05, 0.1) is 12.2 Å². The molecule has 0 aromatic rings. The van der Waals surface area contributed by atoms with Crippen LogP contribution in [-0.2, 0) is 9.53 Å². The molecule has 0 N–H and O–H groups in total. The van der Waals surface area contributed by atoms with Crippen molar-refractivity contribution < 1.29 is 9.53 Å². The number of carbonyl (C=O) groups excluding carboxylic acids is 1. The Bertz CT molecular complexity index is 287. The summed E-state index contributed by atoms with van der Waals surface area (Å²) in [4.78, 5) is 13.4. The van der Waals surface area contributed by atoms with Crippen LogP contribution in [0.2, 0.25) is 0 Å². The largest absolute Gasteiger partial charge is 0.463 e. The number of nitrogens with zero attached hydrogens (tertiary/aromatic N) is 1. The van der Waals surface area contributed by atoms with Crippen LogP contribution < -0.4 is 0 Å². The monoisotopic (exact) mass is 177 g/mol. The van der Waals surface area contributed by atoms with E-state index in [1.165, 1.54) is 0 Å². The summed E-state index contributed by atoms with van der Waals surface area (Å²) in [6, 6.07) is 0.458. The molecule has 1 aliphatic carbocycles. The first-order valence-corrected chi connectivity index (χ1v) is 4.56. The number of hydrogen-bond donors (Lipinski definition) is 0. The van der Waals surface area contributed by atoms with Crippen LogP contribution in [0.3, 0.4) is 0 Å². The normalized spacial score (nSPS) is 30.5. The minimum absolute atomic E-state index is 0.239. The molecule has 2 aliphatic rings. The van der Waals surface area contributed by atoms with Crippen molar-refractivity contribution in [2.24, 2.45) is 5.92 Å². The topological polar surface area (TPSA) is 29.5 Å². The highest BCUT2D eigenvalue weighted by Gasteiger charge is 2.51. The molecule has 0 bridgehead atoms. The number of hydrogen-bond acceptors (Lipinski definition) is 3. The predicted molar refractivity (Wildman–Crippen MR) is 49.1 cm³/mol. The molecule has 0 saturated heterocycles. The van der Waals surface area contributed by atoms with Gasteiger partial charge in [-0.25, -0.2) is 4.79 Å². The van der Waals surface area contributed by atoms with E-state index in [2.05, 4.69) is 0 Å². The molecule has 1 fully saturated rings. The Morgan fingerprint density at radius 1 is 1.77 bits per heavy atom. The lowest BCUT2D eigenvalue weighted by Crippen LogP contribution is -2.18. The molecule has 2 radical (unpaired) electrons. The van der Waals surface area contributed by atoms with Crippen LogP contribution in [0.15, 0.2) is 11.2 Å². The molecule has 2 rings (SSSR count). The Morgan fingerprint density at radius 3 is 2.92 bits per heavy atom. The van der Waals surface area contributed by atoms with Crippen LogP contribution in [0, 0.1) is 5.92 Å². The summed E-state index contributed by atoms with van der Waals surface area (Å²) in [5.41, 5.74) is 1.29. The fourth-order valence-electron chi connectivity index (χ4n) is 1.94. The number of carbonyl (C=O) groups is 1. The van der Waals surface area contributed by atoms with Gasteiger partial charge in [0.25, 0.3) is 0 Å². The van der Waals surface area contributed by atoms with Gasteiger partial charge in [-0.3, -0.25) is 0 Å². The van der Waals surface area contributed by atoms with E-state index in [0.29, 0.717) is 29.7 Å². The van der Waals surface area contributed by atoms with Crippen molar-refractivity contribution in [3.8, 4) is 0 Å². The number of ether oxygens (including phenoxy) is 1. The molecule has 0 spiro atoms.